The number of likely N-dealkylation sites (tertiary alicyclic amines) is 1. The van der Waals surface area contributed by atoms with Gasteiger partial charge >= 0.3 is 6.09 Å². The normalized spacial score (nSPS) is 18.9. The highest BCUT2D eigenvalue weighted by Crippen LogP contribution is 2.21. The standard InChI is InChI=1S/C17H26N2O2/c1-14(2)19-12-6-9-16(19)10-11-18-17(20)21-13-15-7-4-3-5-8-15/h3-5,7-8,14,16H,6,9-13H2,1-2H3,(H,18,20)/t16-/m0/s1. The van der Waals surface area contributed by atoms with Crippen LogP contribution in [0.25, 0.3) is 0 Å². The molecule has 1 aromatic carbocycles. The zero-order valence-corrected chi connectivity index (χ0v) is 13.0. The van der Waals surface area contributed by atoms with Gasteiger partial charge in [0.15, 0.2) is 0 Å². The Morgan fingerprint density at radius 2 is 2.14 bits per heavy atom. The van der Waals surface area contributed by atoms with Crippen LogP contribution in [0.5, 0.6) is 0 Å². The molecular formula is C17H26N2O2. The van der Waals surface area contributed by atoms with E-state index in [1.165, 1.54) is 19.4 Å². The minimum atomic E-state index is -0.326. The Hall–Kier alpha value is -1.55. The summed E-state index contributed by atoms with van der Waals surface area (Å²) >= 11 is 0. The Morgan fingerprint density at radius 3 is 2.86 bits per heavy atom. The lowest BCUT2D eigenvalue weighted by Gasteiger charge is -2.28. The smallest absolute Gasteiger partial charge is 0.407 e. The lowest BCUT2D eigenvalue weighted by molar-refractivity contribution is 0.137. The Labute approximate surface area is 127 Å². The van der Waals surface area contributed by atoms with Crippen LogP contribution in [0.15, 0.2) is 30.3 Å². The first-order chi connectivity index (χ1) is 10.2. The van der Waals surface area contributed by atoms with Gasteiger partial charge in [-0.15, -0.1) is 0 Å². The number of ether oxygens (including phenoxy) is 1. The summed E-state index contributed by atoms with van der Waals surface area (Å²) in [4.78, 5) is 14.2. The van der Waals surface area contributed by atoms with E-state index < -0.39 is 0 Å². The summed E-state index contributed by atoms with van der Waals surface area (Å²) in [6.07, 6.45) is 3.17. The predicted molar refractivity (Wildman–Crippen MR) is 84.1 cm³/mol. The zero-order valence-electron chi connectivity index (χ0n) is 13.0. The number of benzene rings is 1. The van der Waals surface area contributed by atoms with Crippen molar-refractivity contribution in [3.63, 3.8) is 0 Å². The van der Waals surface area contributed by atoms with Gasteiger partial charge in [-0.2, -0.15) is 0 Å². The molecule has 1 aliphatic rings. The van der Waals surface area contributed by atoms with E-state index in [0.717, 1.165) is 12.0 Å². The minimum Gasteiger partial charge on any atom is -0.445 e. The highest BCUT2D eigenvalue weighted by molar-refractivity contribution is 5.67. The van der Waals surface area contributed by atoms with Crippen molar-refractivity contribution >= 4 is 6.09 Å². The van der Waals surface area contributed by atoms with Crippen molar-refractivity contribution in [1.82, 2.24) is 10.2 Å². The van der Waals surface area contributed by atoms with Crippen LogP contribution >= 0.6 is 0 Å². The van der Waals surface area contributed by atoms with Gasteiger partial charge in [0.2, 0.25) is 0 Å². The van der Waals surface area contributed by atoms with E-state index in [1.54, 1.807) is 0 Å². The molecule has 2 rings (SSSR count). The SMILES string of the molecule is CC(C)N1CCC[C@H]1CCNC(=O)OCc1ccccc1. The second-order valence-electron chi connectivity index (χ2n) is 5.90. The first kappa shape index (κ1) is 15.8. The zero-order chi connectivity index (χ0) is 15.1. The van der Waals surface area contributed by atoms with Crippen molar-refractivity contribution in [2.45, 2.75) is 51.8 Å². The van der Waals surface area contributed by atoms with Crippen LogP contribution in [-0.2, 0) is 11.3 Å². The number of carbonyl (C=O) groups is 1. The van der Waals surface area contributed by atoms with Gasteiger partial charge in [0, 0.05) is 18.6 Å². The molecule has 1 atom stereocenters. The van der Waals surface area contributed by atoms with Gasteiger partial charge in [0.05, 0.1) is 0 Å². The summed E-state index contributed by atoms with van der Waals surface area (Å²) in [5.41, 5.74) is 1.01. The number of hydrogen-bond donors (Lipinski definition) is 1. The molecule has 116 valence electrons. The predicted octanol–water partition coefficient (Wildman–Crippen LogP) is 3.18. The highest BCUT2D eigenvalue weighted by atomic mass is 16.5. The summed E-state index contributed by atoms with van der Waals surface area (Å²) in [5.74, 6) is 0. The second-order valence-corrected chi connectivity index (χ2v) is 5.90. The van der Waals surface area contributed by atoms with Gasteiger partial charge in [0.1, 0.15) is 6.61 Å². The van der Waals surface area contributed by atoms with Gasteiger partial charge in [-0.1, -0.05) is 30.3 Å². The molecule has 0 aliphatic carbocycles. The number of carbonyl (C=O) groups excluding carboxylic acids is 1. The van der Waals surface area contributed by atoms with E-state index in [0.29, 0.717) is 25.2 Å². The van der Waals surface area contributed by atoms with Crippen molar-refractivity contribution in [1.29, 1.82) is 0 Å². The van der Waals surface area contributed by atoms with Crippen LogP contribution < -0.4 is 5.32 Å². The van der Waals surface area contributed by atoms with Crippen molar-refractivity contribution in [2.24, 2.45) is 0 Å². The summed E-state index contributed by atoms with van der Waals surface area (Å²) < 4.78 is 5.20. The Bertz CT molecular complexity index is 434. The van der Waals surface area contributed by atoms with Crippen molar-refractivity contribution in [3.05, 3.63) is 35.9 Å². The Kier molecular flexibility index (Phi) is 6.05. The van der Waals surface area contributed by atoms with Crippen LogP contribution in [0.2, 0.25) is 0 Å². The Balaban J connectivity index is 1.63. The molecule has 1 aliphatic heterocycles. The molecule has 4 heteroatoms. The van der Waals surface area contributed by atoms with Crippen molar-refractivity contribution in [3.8, 4) is 0 Å². The fraction of sp³-hybridized carbons (Fsp3) is 0.588. The molecule has 0 bridgehead atoms. The van der Waals surface area contributed by atoms with E-state index in [4.69, 9.17) is 4.74 Å². The lowest BCUT2D eigenvalue weighted by atomic mass is 10.1. The third kappa shape index (κ3) is 5.05. The number of rotatable bonds is 6. The average molecular weight is 290 g/mol. The van der Waals surface area contributed by atoms with Crippen LogP contribution in [0.4, 0.5) is 4.79 Å². The number of alkyl carbamates (subject to hydrolysis) is 1. The number of hydrogen-bond acceptors (Lipinski definition) is 3. The van der Waals surface area contributed by atoms with Crippen molar-refractivity contribution in [2.75, 3.05) is 13.1 Å². The molecule has 0 radical (unpaired) electrons. The molecule has 0 aromatic heterocycles. The molecule has 1 N–H and O–H groups in total. The molecule has 1 heterocycles. The van der Waals surface area contributed by atoms with Gasteiger partial charge in [0.25, 0.3) is 0 Å². The van der Waals surface area contributed by atoms with Crippen LogP contribution in [0.1, 0.15) is 38.7 Å². The minimum absolute atomic E-state index is 0.326. The summed E-state index contributed by atoms with van der Waals surface area (Å²) in [5, 5.41) is 2.85. The molecule has 0 unspecified atom stereocenters. The molecule has 1 fully saturated rings. The lowest BCUT2D eigenvalue weighted by Crippen LogP contribution is -2.38. The maximum absolute atomic E-state index is 11.7. The molecule has 1 aromatic rings. The number of amides is 1. The van der Waals surface area contributed by atoms with E-state index >= 15 is 0 Å². The summed E-state index contributed by atoms with van der Waals surface area (Å²) in [6.45, 7) is 6.66. The van der Waals surface area contributed by atoms with E-state index in [-0.39, 0.29) is 6.09 Å². The first-order valence-corrected chi connectivity index (χ1v) is 7.87. The van der Waals surface area contributed by atoms with Crippen LogP contribution in [0, 0.1) is 0 Å². The van der Waals surface area contributed by atoms with Crippen LogP contribution in [-0.4, -0.2) is 36.2 Å². The second kappa shape index (κ2) is 8.03. The Morgan fingerprint density at radius 1 is 1.38 bits per heavy atom. The summed E-state index contributed by atoms with van der Waals surface area (Å²) in [7, 11) is 0. The topological polar surface area (TPSA) is 41.6 Å². The average Bonchev–Trinajstić information content (AvgIpc) is 2.95. The molecule has 4 nitrogen and oxygen atoms in total. The number of nitrogens with zero attached hydrogens (tertiary/aromatic N) is 1. The summed E-state index contributed by atoms with van der Waals surface area (Å²) in [6, 6.07) is 10.9. The van der Waals surface area contributed by atoms with Gasteiger partial charge in [-0.3, -0.25) is 4.90 Å². The van der Waals surface area contributed by atoms with Gasteiger partial charge < -0.3 is 10.1 Å². The third-order valence-corrected chi connectivity index (χ3v) is 4.05. The first-order valence-electron chi connectivity index (χ1n) is 7.87. The number of nitrogens with one attached hydrogen (secondary N) is 1. The molecule has 1 saturated heterocycles. The fourth-order valence-electron chi connectivity index (χ4n) is 2.96. The van der Waals surface area contributed by atoms with E-state index in [1.807, 2.05) is 30.3 Å². The van der Waals surface area contributed by atoms with E-state index in [2.05, 4.69) is 24.1 Å². The maximum Gasteiger partial charge on any atom is 0.407 e. The monoisotopic (exact) mass is 290 g/mol. The third-order valence-electron chi connectivity index (χ3n) is 4.05. The maximum atomic E-state index is 11.7. The fourth-order valence-corrected chi connectivity index (χ4v) is 2.96. The molecule has 1 amide bonds. The molecular weight excluding hydrogens is 264 g/mol. The largest absolute Gasteiger partial charge is 0.445 e. The molecule has 0 spiro atoms. The molecule has 0 saturated carbocycles. The van der Waals surface area contributed by atoms with Gasteiger partial charge in [-0.25, -0.2) is 4.79 Å². The van der Waals surface area contributed by atoms with E-state index in [9.17, 15) is 4.79 Å². The molecule has 21 heavy (non-hydrogen) atoms. The van der Waals surface area contributed by atoms with Crippen molar-refractivity contribution < 1.29 is 9.53 Å². The van der Waals surface area contributed by atoms with Crippen LogP contribution in [0.3, 0.4) is 0 Å². The quantitative estimate of drug-likeness (QED) is 0.875. The van der Waals surface area contributed by atoms with Gasteiger partial charge in [-0.05, 0) is 45.2 Å². The highest BCUT2D eigenvalue weighted by Gasteiger charge is 2.25.